The largest absolute Gasteiger partial charge is 0.463 e. The van der Waals surface area contributed by atoms with Crippen LogP contribution in [0.3, 0.4) is 0 Å². The van der Waals surface area contributed by atoms with Gasteiger partial charge in [0, 0.05) is 27.7 Å². The van der Waals surface area contributed by atoms with Gasteiger partial charge in [-0.05, 0) is 0 Å². The van der Waals surface area contributed by atoms with E-state index in [1.165, 1.54) is 13.8 Å². The van der Waals surface area contributed by atoms with Crippen molar-refractivity contribution in [2.45, 2.75) is 58.2 Å². The van der Waals surface area contributed by atoms with Crippen molar-refractivity contribution in [1.82, 2.24) is 5.32 Å². The highest BCUT2D eigenvalue weighted by molar-refractivity contribution is 5.75. The van der Waals surface area contributed by atoms with Crippen LogP contribution in [0.2, 0.25) is 0 Å². The van der Waals surface area contributed by atoms with E-state index in [9.17, 15) is 24.0 Å². The summed E-state index contributed by atoms with van der Waals surface area (Å²) in [6, 6.07) is -1.07. The molecule has 1 fully saturated rings. The van der Waals surface area contributed by atoms with Gasteiger partial charge < -0.3 is 29.1 Å². The van der Waals surface area contributed by atoms with Crippen LogP contribution < -0.4 is 5.32 Å². The first-order chi connectivity index (χ1) is 11.6. The Morgan fingerprint density at radius 1 is 0.960 bits per heavy atom. The maximum absolute atomic E-state index is 11.5. The van der Waals surface area contributed by atoms with Crippen LogP contribution in [0.1, 0.15) is 27.7 Å². The summed E-state index contributed by atoms with van der Waals surface area (Å²) in [4.78, 5) is 56.7. The number of hydrogen-bond donors (Lipinski definition) is 1. The van der Waals surface area contributed by atoms with Crippen molar-refractivity contribution in [3.63, 3.8) is 0 Å². The zero-order valence-electron chi connectivity index (χ0n) is 14.3. The Morgan fingerprint density at radius 2 is 1.52 bits per heavy atom. The smallest absolute Gasteiger partial charge is 0.303 e. The Labute approximate surface area is 144 Å². The summed E-state index contributed by atoms with van der Waals surface area (Å²) in [5.41, 5.74) is 0. The monoisotopic (exact) mass is 359 g/mol. The van der Waals surface area contributed by atoms with Gasteiger partial charge >= 0.3 is 17.9 Å². The molecule has 5 unspecified atom stereocenters. The quantitative estimate of drug-likeness (QED) is 0.355. The number of esters is 3. The van der Waals surface area contributed by atoms with Gasteiger partial charge in [0.1, 0.15) is 24.9 Å². The zero-order chi connectivity index (χ0) is 19.1. The lowest BCUT2D eigenvalue weighted by atomic mass is 9.92. The Balaban J connectivity index is 3.20. The van der Waals surface area contributed by atoms with Crippen molar-refractivity contribution in [3.05, 3.63) is 0 Å². The molecule has 1 N–H and O–H groups in total. The van der Waals surface area contributed by atoms with E-state index in [2.05, 4.69) is 5.32 Å². The Hall–Kier alpha value is -2.49. The molecular weight excluding hydrogens is 338 g/mol. The minimum absolute atomic E-state index is 0.331. The van der Waals surface area contributed by atoms with Crippen LogP contribution in [-0.4, -0.2) is 67.2 Å². The third kappa shape index (κ3) is 6.14. The average Bonchev–Trinajstić information content (AvgIpc) is 2.48. The third-order valence-electron chi connectivity index (χ3n) is 3.29. The number of ether oxygens (including phenoxy) is 4. The highest BCUT2D eigenvalue weighted by Crippen LogP contribution is 2.26. The molecule has 0 aromatic rings. The van der Waals surface area contributed by atoms with Gasteiger partial charge in [0.2, 0.25) is 5.91 Å². The number of carbonyl (C=O) groups excluding carboxylic acids is 5. The minimum atomic E-state index is -1.20. The molecule has 5 atom stereocenters. The van der Waals surface area contributed by atoms with Crippen molar-refractivity contribution < 1.29 is 42.9 Å². The molecule has 1 saturated heterocycles. The lowest BCUT2D eigenvalue weighted by Gasteiger charge is -2.43. The molecule has 1 aliphatic heterocycles. The van der Waals surface area contributed by atoms with Crippen LogP contribution in [0.4, 0.5) is 0 Å². The number of hydrogen-bond acceptors (Lipinski definition) is 9. The summed E-state index contributed by atoms with van der Waals surface area (Å²) >= 11 is 0. The van der Waals surface area contributed by atoms with E-state index < -0.39 is 54.3 Å². The number of aldehydes is 1. The molecule has 0 radical (unpaired) electrons. The van der Waals surface area contributed by atoms with Crippen LogP contribution in [0.15, 0.2) is 0 Å². The standard InChI is InChI=1S/C15H21NO9/c1-7(18)16-13-11(5-17)25-12(6-22-8(2)19)14(23-9(3)20)15(13)24-10(4)21/h5,11-15H,6H2,1-4H3,(H,16,18). The molecule has 25 heavy (non-hydrogen) atoms. The molecule has 0 aromatic heterocycles. The number of carbonyl (C=O) groups is 5. The Bertz CT molecular complexity index is 547. The first-order valence-corrected chi connectivity index (χ1v) is 7.51. The van der Waals surface area contributed by atoms with Crippen molar-refractivity contribution in [2.24, 2.45) is 0 Å². The maximum atomic E-state index is 11.5. The molecular formula is C15H21NO9. The van der Waals surface area contributed by atoms with Gasteiger partial charge in [0.05, 0.1) is 0 Å². The van der Waals surface area contributed by atoms with Gasteiger partial charge in [-0.25, -0.2) is 0 Å². The predicted octanol–water partition coefficient (Wildman–Crippen LogP) is -1.12. The molecule has 1 aliphatic rings. The second-order valence-corrected chi connectivity index (χ2v) is 5.45. The van der Waals surface area contributed by atoms with Crippen LogP contribution in [0.5, 0.6) is 0 Å². The second kappa shape index (κ2) is 9.11. The Morgan fingerprint density at radius 3 is 1.96 bits per heavy atom. The fourth-order valence-electron chi connectivity index (χ4n) is 2.48. The molecule has 140 valence electrons. The predicted molar refractivity (Wildman–Crippen MR) is 80.1 cm³/mol. The first-order valence-electron chi connectivity index (χ1n) is 7.51. The molecule has 0 aliphatic carbocycles. The van der Waals surface area contributed by atoms with E-state index in [-0.39, 0.29) is 6.61 Å². The van der Waals surface area contributed by atoms with E-state index in [4.69, 9.17) is 18.9 Å². The van der Waals surface area contributed by atoms with Crippen LogP contribution >= 0.6 is 0 Å². The molecule has 10 nitrogen and oxygen atoms in total. The summed E-state index contributed by atoms with van der Waals surface area (Å²) in [6.45, 7) is 4.31. The van der Waals surface area contributed by atoms with Gasteiger partial charge in [-0.2, -0.15) is 0 Å². The fraction of sp³-hybridized carbons (Fsp3) is 0.667. The number of nitrogens with one attached hydrogen (secondary N) is 1. The summed E-state index contributed by atoms with van der Waals surface area (Å²) in [6.07, 6.45) is -4.22. The van der Waals surface area contributed by atoms with Crippen molar-refractivity contribution in [2.75, 3.05) is 6.61 Å². The summed E-state index contributed by atoms with van der Waals surface area (Å²) in [5, 5.41) is 2.46. The molecule has 0 saturated carbocycles. The normalized spacial score (nSPS) is 28.4. The fourth-order valence-corrected chi connectivity index (χ4v) is 2.48. The van der Waals surface area contributed by atoms with Crippen LogP contribution in [-0.2, 0) is 42.9 Å². The van der Waals surface area contributed by atoms with Gasteiger partial charge in [-0.3, -0.25) is 19.2 Å². The van der Waals surface area contributed by atoms with E-state index in [0.29, 0.717) is 6.29 Å². The maximum Gasteiger partial charge on any atom is 0.303 e. The topological polar surface area (TPSA) is 134 Å². The highest BCUT2D eigenvalue weighted by atomic mass is 16.6. The highest BCUT2D eigenvalue weighted by Gasteiger charge is 2.50. The zero-order valence-corrected chi connectivity index (χ0v) is 14.3. The average molecular weight is 359 g/mol. The molecule has 0 aromatic carbocycles. The van der Waals surface area contributed by atoms with Gasteiger partial charge in [0.15, 0.2) is 18.5 Å². The van der Waals surface area contributed by atoms with Gasteiger partial charge in [-0.15, -0.1) is 0 Å². The molecule has 1 heterocycles. The van der Waals surface area contributed by atoms with Crippen molar-refractivity contribution in [3.8, 4) is 0 Å². The molecule has 1 rings (SSSR count). The molecule has 0 bridgehead atoms. The van der Waals surface area contributed by atoms with E-state index in [1.54, 1.807) is 0 Å². The molecule has 1 amide bonds. The van der Waals surface area contributed by atoms with Gasteiger partial charge in [-0.1, -0.05) is 0 Å². The lowest BCUT2D eigenvalue weighted by Crippen LogP contribution is -2.66. The molecule has 10 heteroatoms. The number of amides is 1. The van der Waals surface area contributed by atoms with E-state index in [1.807, 2.05) is 0 Å². The van der Waals surface area contributed by atoms with Crippen molar-refractivity contribution >= 4 is 30.1 Å². The summed E-state index contributed by atoms with van der Waals surface area (Å²) in [7, 11) is 0. The second-order valence-electron chi connectivity index (χ2n) is 5.45. The Kier molecular flexibility index (Phi) is 7.49. The third-order valence-corrected chi connectivity index (χ3v) is 3.29. The summed E-state index contributed by atoms with van der Waals surface area (Å²) in [5.74, 6) is -2.53. The van der Waals surface area contributed by atoms with Crippen molar-refractivity contribution in [1.29, 1.82) is 0 Å². The van der Waals surface area contributed by atoms with Crippen LogP contribution in [0, 0.1) is 0 Å². The lowest BCUT2D eigenvalue weighted by molar-refractivity contribution is -0.219. The van der Waals surface area contributed by atoms with Crippen LogP contribution in [0.25, 0.3) is 0 Å². The van der Waals surface area contributed by atoms with Gasteiger partial charge in [0.25, 0.3) is 0 Å². The summed E-state index contributed by atoms with van der Waals surface area (Å²) < 4.78 is 20.7. The first kappa shape index (κ1) is 20.6. The van der Waals surface area contributed by atoms with E-state index in [0.717, 1.165) is 13.8 Å². The minimum Gasteiger partial charge on any atom is -0.463 e. The number of rotatable bonds is 6. The SMILES string of the molecule is CC(=O)NC1C(C=O)OC(COC(C)=O)C(OC(C)=O)C1OC(C)=O. The van der Waals surface area contributed by atoms with E-state index >= 15 is 0 Å². The molecule has 0 spiro atoms.